The van der Waals surface area contributed by atoms with Gasteiger partial charge in [-0.05, 0) is 24.6 Å². The van der Waals surface area contributed by atoms with Gasteiger partial charge in [-0.25, -0.2) is 0 Å². The van der Waals surface area contributed by atoms with Gasteiger partial charge in [0.15, 0.2) is 5.78 Å². The summed E-state index contributed by atoms with van der Waals surface area (Å²) in [4.78, 5) is 11.6. The highest BCUT2D eigenvalue weighted by molar-refractivity contribution is 9.09. The average molecular weight is 293 g/mol. The highest BCUT2D eigenvalue weighted by Gasteiger charge is 2.15. The fourth-order valence-electron chi connectivity index (χ4n) is 1.27. The Kier molecular flexibility index (Phi) is 4.86. The van der Waals surface area contributed by atoms with Crippen LogP contribution in [-0.2, 0) is 0 Å². The van der Waals surface area contributed by atoms with Crippen LogP contribution in [0, 0.1) is 6.92 Å². The number of hydrogen-bond donors (Lipinski definition) is 0. The molecule has 0 unspecified atom stereocenters. The Hall–Kier alpha value is -0.970. The van der Waals surface area contributed by atoms with Crippen LogP contribution in [0.5, 0.6) is 5.75 Å². The lowest BCUT2D eigenvalue weighted by molar-refractivity contribution is -0.0501. The van der Waals surface area contributed by atoms with Crippen molar-refractivity contribution in [2.75, 3.05) is 5.33 Å². The minimum atomic E-state index is -2.92. The Morgan fingerprint density at radius 2 is 2.19 bits per heavy atom. The van der Waals surface area contributed by atoms with Crippen molar-refractivity contribution in [1.82, 2.24) is 0 Å². The molecule has 0 saturated heterocycles. The van der Waals surface area contributed by atoms with Gasteiger partial charge in [0.25, 0.3) is 0 Å². The number of Topliss-reactive ketones (excluding diaryl/α,β-unsaturated/α-hetero) is 1. The lowest BCUT2D eigenvalue weighted by Crippen LogP contribution is -2.08. The molecule has 0 amide bonds. The Bertz CT molecular complexity index is 380. The summed E-state index contributed by atoms with van der Waals surface area (Å²) in [5.74, 6) is -0.270. The Morgan fingerprint density at radius 3 is 2.75 bits per heavy atom. The van der Waals surface area contributed by atoms with Crippen molar-refractivity contribution in [2.45, 2.75) is 20.0 Å². The zero-order valence-corrected chi connectivity index (χ0v) is 10.3. The van der Waals surface area contributed by atoms with Crippen LogP contribution in [0.2, 0.25) is 0 Å². The van der Waals surface area contributed by atoms with E-state index in [2.05, 4.69) is 20.7 Å². The fraction of sp³-hybridized carbons (Fsp3) is 0.364. The van der Waals surface area contributed by atoms with Gasteiger partial charge < -0.3 is 4.74 Å². The molecule has 2 nitrogen and oxygen atoms in total. The van der Waals surface area contributed by atoms with Crippen molar-refractivity contribution in [3.05, 3.63) is 29.3 Å². The normalized spacial score (nSPS) is 10.6. The minimum absolute atomic E-state index is 0.0547. The van der Waals surface area contributed by atoms with Gasteiger partial charge in [0.2, 0.25) is 0 Å². The topological polar surface area (TPSA) is 26.3 Å². The quantitative estimate of drug-likeness (QED) is 0.613. The van der Waals surface area contributed by atoms with Crippen LogP contribution in [0.25, 0.3) is 0 Å². The number of ether oxygens (including phenoxy) is 1. The second kappa shape index (κ2) is 5.94. The first-order valence-electron chi connectivity index (χ1n) is 4.69. The van der Waals surface area contributed by atoms with Crippen molar-refractivity contribution in [1.29, 1.82) is 0 Å². The van der Waals surface area contributed by atoms with Crippen molar-refractivity contribution in [3.8, 4) is 5.75 Å². The van der Waals surface area contributed by atoms with Gasteiger partial charge in [0, 0.05) is 11.8 Å². The standard InChI is InChI=1S/C11H11BrF2O2/c1-7-2-3-8(9(15)4-5-12)10(6-7)16-11(13)14/h2-3,6,11H,4-5H2,1H3. The van der Waals surface area contributed by atoms with E-state index in [1.54, 1.807) is 13.0 Å². The Labute approximate surface area is 101 Å². The molecular weight excluding hydrogens is 282 g/mol. The second-order valence-corrected chi connectivity index (χ2v) is 4.03. The van der Waals surface area contributed by atoms with Gasteiger partial charge in [0.1, 0.15) is 5.75 Å². The highest BCUT2D eigenvalue weighted by atomic mass is 79.9. The highest BCUT2D eigenvalue weighted by Crippen LogP contribution is 2.23. The number of hydrogen-bond acceptors (Lipinski definition) is 2. The van der Waals surface area contributed by atoms with Crippen LogP contribution in [0.3, 0.4) is 0 Å². The minimum Gasteiger partial charge on any atom is -0.434 e. The maximum absolute atomic E-state index is 12.1. The molecule has 0 atom stereocenters. The van der Waals surface area contributed by atoms with E-state index in [0.717, 1.165) is 5.56 Å². The number of aryl methyl sites for hydroxylation is 1. The molecule has 0 aliphatic carbocycles. The van der Waals surface area contributed by atoms with E-state index in [9.17, 15) is 13.6 Å². The van der Waals surface area contributed by atoms with Crippen molar-refractivity contribution in [2.24, 2.45) is 0 Å². The summed E-state index contributed by atoms with van der Waals surface area (Å²) in [6.07, 6.45) is 0.253. The molecule has 1 rings (SSSR count). The lowest BCUT2D eigenvalue weighted by Gasteiger charge is -2.10. The maximum atomic E-state index is 12.1. The summed E-state index contributed by atoms with van der Waals surface area (Å²) in [6.45, 7) is -1.17. The lowest BCUT2D eigenvalue weighted by atomic mass is 10.1. The molecule has 0 aliphatic heterocycles. The molecule has 0 aromatic heterocycles. The predicted molar refractivity (Wildman–Crippen MR) is 60.6 cm³/mol. The van der Waals surface area contributed by atoms with Crippen LogP contribution in [0.4, 0.5) is 8.78 Å². The number of carbonyl (C=O) groups is 1. The molecule has 5 heteroatoms. The van der Waals surface area contributed by atoms with E-state index in [0.29, 0.717) is 5.33 Å². The largest absolute Gasteiger partial charge is 0.434 e. The van der Waals surface area contributed by atoms with Crippen LogP contribution >= 0.6 is 15.9 Å². The summed E-state index contributed by atoms with van der Waals surface area (Å²) in [5, 5.41) is 0.494. The van der Waals surface area contributed by atoms with Crippen molar-refractivity contribution in [3.63, 3.8) is 0 Å². The molecule has 1 aromatic rings. The number of halogens is 3. The van der Waals surface area contributed by atoms with E-state index in [1.807, 2.05) is 0 Å². The molecule has 1 aromatic carbocycles. The molecule has 88 valence electrons. The molecular formula is C11H11BrF2O2. The Balaban J connectivity index is 3.02. The summed E-state index contributed by atoms with van der Waals surface area (Å²) in [7, 11) is 0. The average Bonchev–Trinajstić information content (AvgIpc) is 2.16. The fourth-order valence-corrected chi connectivity index (χ4v) is 1.63. The zero-order valence-electron chi connectivity index (χ0n) is 8.67. The third-order valence-electron chi connectivity index (χ3n) is 1.98. The summed E-state index contributed by atoms with van der Waals surface area (Å²) >= 11 is 3.13. The van der Waals surface area contributed by atoms with Gasteiger partial charge >= 0.3 is 6.61 Å². The van der Waals surface area contributed by atoms with Gasteiger partial charge in [-0.3, -0.25) is 4.79 Å². The number of rotatable bonds is 5. The number of ketones is 1. The van der Waals surface area contributed by atoms with E-state index >= 15 is 0 Å². The SMILES string of the molecule is Cc1ccc(C(=O)CCBr)c(OC(F)F)c1. The van der Waals surface area contributed by atoms with Crippen molar-refractivity contribution >= 4 is 21.7 Å². The molecule has 0 bridgehead atoms. The Morgan fingerprint density at radius 1 is 1.50 bits per heavy atom. The first-order valence-corrected chi connectivity index (χ1v) is 5.81. The molecule has 16 heavy (non-hydrogen) atoms. The molecule has 0 N–H and O–H groups in total. The molecule has 0 saturated carbocycles. The predicted octanol–water partition coefficient (Wildman–Crippen LogP) is 3.56. The number of carbonyl (C=O) groups excluding carboxylic acids is 1. The van der Waals surface area contributed by atoms with E-state index in [-0.39, 0.29) is 23.5 Å². The summed E-state index contributed by atoms with van der Waals surface area (Å²) < 4.78 is 28.6. The van der Waals surface area contributed by atoms with Crippen LogP contribution in [-0.4, -0.2) is 17.7 Å². The van der Waals surface area contributed by atoms with Crippen LogP contribution in [0.1, 0.15) is 22.3 Å². The molecule has 0 spiro atoms. The monoisotopic (exact) mass is 292 g/mol. The molecule has 0 heterocycles. The first kappa shape index (κ1) is 13.1. The first-order chi connectivity index (χ1) is 7.54. The van der Waals surface area contributed by atoms with Gasteiger partial charge in [-0.1, -0.05) is 22.0 Å². The zero-order chi connectivity index (χ0) is 12.1. The third-order valence-corrected chi connectivity index (χ3v) is 2.37. The smallest absolute Gasteiger partial charge is 0.387 e. The summed E-state index contributed by atoms with van der Waals surface area (Å²) in [5.41, 5.74) is 0.969. The van der Waals surface area contributed by atoms with Crippen molar-refractivity contribution < 1.29 is 18.3 Å². The molecule has 0 radical (unpaired) electrons. The molecule has 0 aliphatic rings. The second-order valence-electron chi connectivity index (χ2n) is 3.24. The third kappa shape index (κ3) is 3.56. The van der Waals surface area contributed by atoms with Crippen LogP contribution in [0.15, 0.2) is 18.2 Å². The van der Waals surface area contributed by atoms with E-state index in [1.165, 1.54) is 12.1 Å². The summed E-state index contributed by atoms with van der Waals surface area (Å²) in [6, 6.07) is 4.64. The maximum Gasteiger partial charge on any atom is 0.387 e. The van der Waals surface area contributed by atoms with Gasteiger partial charge in [-0.2, -0.15) is 8.78 Å². The van der Waals surface area contributed by atoms with Gasteiger partial charge in [-0.15, -0.1) is 0 Å². The van der Waals surface area contributed by atoms with Crippen LogP contribution < -0.4 is 4.74 Å². The number of benzene rings is 1. The van der Waals surface area contributed by atoms with E-state index in [4.69, 9.17) is 0 Å². The number of alkyl halides is 3. The van der Waals surface area contributed by atoms with Gasteiger partial charge in [0.05, 0.1) is 5.56 Å². The van der Waals surface area contributed by atoms with E-state index < -0.39 is 6.61 Å². The molecule has 0 fully saturated rings.